The first kappa shape index (κ1) is 54.7. The Morgan fingerprint density at radius 1 is 0.603 bits per heavy atom. The van der Waals surface area contributed by atoms with Crippen LogP contribution in [0.25, 0.3) is 0 Å². The molecule has 0 fully saturated rings. The number of benzene rings is 1. The SMILES string of the molecule is C[C@@H](O)[C@H](NC(=O)[C@H](CC(N)=O)NC(=O)[C@@H](N)CO)C(=O)N[C@@H](CO)C(=O)NC(CCC(=O)NCCCCC(N)C(=O)NC(Cc1ccccc1)C(=O)NC(CO)C(N)=O)C(=O)O. The summed E-state index contributed by atoms with van der Waals surface area (Å²) >= 11 is 0. The number of aliphatic hydroxyl groups excluding tert-OH is 4. The van der Waals surface area contributed by atoms with Crippen LogP contribution in [0.5, 0.6) is 0 Å². The largest absolute Gasteiger partial charge is 0.480 e. The van der Waals surface area contributed by atoms with Crippen LogP contribution in [0.15, 0.2) is 30.3 Å². The summed E-state index contributed by atoms with van der Waals surface area (Å²) in [6.45, 7) is -1.54. The van der Waals surface area contributed by atoms with E-state index in [1.807, 2.05) is 5.32 Å². The Bertz CT molecular complexity index is 1740. The van der Waals surface area contributed by atoms with E-state index in [2.05, 4.69) is 31.9 Å². The highest BCUT2D eigenvalue weighted by Gasteiger charge is 2.34. The number of unbranched alkanes of at least 4 members (excludes halogenated alkanes) is 1. The van der Waals surface area contributed by atoms with Gasteiger partial charge in [0.05, 0.1) is 38.4 Å². The number of carbonyl (C=O) groups excluding carboxylic acids is 9. The fourth-order valence-electron chi connectivity index (χ4n) is 5.45. The van der Waals surface area contributed by atoms with Gasteiger partial charge in [-0.3, -0.25) is 43.2 Å². The van der Waals surface area contributed by atoms with E-state index in [0.717, 1.165) is 6.92 Å². The zero-order chi connectivity index (χ0) is 47.8. The number of nitrogens with one attached hydrogen (secondary N) is 7. The molecule has 0 aromatic heterocycles. The van der Waals surface area contributed by atoms with Crippen LogP contribution < -0.4 is 60.2 Å². The van der Waals surface area contributed by atoms with E-state index in [1.165, 1.54) is 0 Å². The standard InChI is InChI=1S/C37H59N11O15/c1-18(52)29(48-34(59)24(14-27(40)53)45-32(57)21(39)15-49)36(61)47-26(17-51)35(60)43-22(37(62)63)10-11-28(54)42-12-6-5-9-20(38)31(56)44-23(13-19-7-3-2-4-8-19)33(58)46-25(16-50)30(41)55/h2-4,7-8,18,20-26,29,49-52H,5-6,9-17,38-39H2,1H3,(H2,40,53)(H2,41,55)(H,42,54)(H,43,60)(H,44,56)(H,45,57)(H,46,58)(H,47,61)(H,48,59)(H,62,63)/t18-,20?,21+,22?,23?,24+,25?,26+,29+/m1/s1. The quantitative estimate of drug-likeness (QED) is 0.0319. The van der Waals surface area contributed by atoms with E-state index < -0.39 is 153 Å². The first-order valence-corrected chi connectivity index (χ1v) is 19.6. The van der Waals surface area contributed by atoms with E-state index in [-0.39, 0.29) is 19.4 Å². The van der Waals surface area contributed by atoms with Crippen LogP contribution in [0.2, 0.25) is 0 Å². The summed E-state index contributed by atoms with van der Waals surface area (Å²) in [6.07, 6.45) is -2.52. The van der Waals surface area contributed by atoms with Crippen molar-refractivity contribution in [2.24, 2.45) is 22.9 Å². The van der Waals surface area contributed by atoms with E-state index in [0.29, 0.717) is 18.4 Å². The number of nitrogens with two attached hydrogens (primary N) is 4. The van der Waals surface area contributed by atoms with Crippen molar-refractivity contribution in [3.8, 4) is 0 Å². The maximum atomic E-state index is 13.0. The molecule has 0 saturated heterocycles. The zero-order valence-corrected chi connectivity index (χ0v) is 34.5. The monoisotopic (exact) mass is 897 g/mol. The predicted molar refractivity (Wildman–Crippen MR) is 217 cm³/mol. The Balaban J connectivity index is 2.72. The van der Waals surface area contributed by atoms with Gasteiger partial charge in [0.2, 0.25) is 53.2 Å². The molecule has 0 spiro atoms. The number of carboxylic acid groups (broad SMARTS) is 1. The molecule has 0 aliphatic heterocycles. The van der Waals surface area contributed by atoms with Gasteiger partial charge in [0.1, 0.15) is 42.3 Å². The Morgan fingerprint density at radius 2 is 1.13 bits per heavy atom. The van der Waals surface area contributed by atoms with Crippen molar-refractivity contribution in [1.29, 1.82) is 0 Å². The first-order chi connectivity index (χ1) is 29.6. The number of primary amides is 2. The lowest BCUT2D eigenvalue weighted by Gasteiger charge is -2.26. The third-order valence-electron chi connectivity index (χ3n) is 9.08. The summed E-state index contributed by atoms with van der Waals surface area (Å²) in [5.41, 5.74) is 22.5. The number of hydrogen-bond acceptors (Lipinski definition) is 16. The minimum Gasteiger partial charge on any atom is -0.480 e. The van der Waals surface area contributed by atoms with Gasteiger partial charge in [-0.1, -0.05) is 30.3 Å². The van der Waals surface area contributed by atoms with E-state index in [9.17, 15) is 68.4 Å². The highest BCUT2D eigenvalue weighted by Crippen LogP contribution is 2.07. The summed E-state index contributed by atoms with van der Waals surface area (Å²) in [5.74, 6) is -10.4. The van der Waals surface area contributed by atoms with Crippen molar-refractivity contribution in [1.82, 2.24) is 37.2 Å². The number of amides is 9. The van der Waals surface area contributed by atoms with Crippen molar-refractivity contribution >= 4 is 59.1 Å². The Morgan fingerprint density at radius 3 is 1.67 bits per heavy atom. The van der Waals surface area contributed by atoms with Crippen LogP contribution in [-0.4, -0.2) is 165 Å². The van der Waals surface area contributed by atoms with Crippen LogP contribution in [0, 0.1) is 0 Å². The molecule has 20 N–H and O–H groups in total. The van der Waals surface area contributed by atoms with Crippen molar-refractivity contribution in [2.75, 3.05) is 26.4 Å². The summed E-state index contributed by atoms with van der Waals surface area (Å²) in [5, 5.41) is 63.8. The second kappa shape index (κ2) is 28.3. The number of rotatable bonds is 30. The summed E-state index contributed by atoms with van der Waals surface area (Å²) in [7, 11) is 0. The van der Waals surface area contributed by atoms with Crippen LogP contribution in [0.1, 0.15) is 51.0 Å². The molecule has 0 radical (unpaired) electrons. The average Bonchev–Trinajstić information content (AvgIpc) is 3.23. The molecule has 352 valence electrons. The van der Waals surface area contributed by atoms with Crippen molar-refractivity contribution in [3.63, 3.8) is 0 Å². The molecule has 63 heavy (non-hydrogen) atoms. The molecular formula is C37H59N11O15. The van der Waals surface area contributed by atoms with Crippen LogP contribution >= 0.6 is 0 Å². The molecule has 1 aromatic carbocycles. The Labute approximate surface area is 361 Å². The lowest BCUT2D eigenvalue weighted by Crippen LogP contribution is -2.61. The highest BCUT2D eigenvalue weighted by atomic mass is 16.4. The van der Waals surface area contributed by atoms with Crippen molar-refractivity contribution in [3.05, 3.63) is 35.9 Å². The Kier molecular flexibility index (Phi) is 24.6. The number of carboxylic acids is 1. The van der Waals surface area contributed by atoms with Crippen LogP contribution in [-0.2, 0) is 54.4 Å². The van der Waals surface area contributed by atoms with Gasteiger partial charge in [-0.25, -0.2) is 4.79 Å². The average molecular weight is 898 g/mol. The van der Waals surface area contributed by atoms with Gasteiger partial charge in [-0.05, 0) is 38.2 Å². The molecule has 26 heteroatoms. The minimum absolute atomic E-state index is 0.0290. The fourth-order valence-corrected chi connectivity index (χ4v) is 5.45. The maximum absolute atomic E-state index is 13.0. The molecular weight excluding hydrogens is 838 g/mol. The highest BCUT2D eigenvalue weighted by molar-refractivity contribution is 5.97. The van der Waals surface area contributed by atoms with Gasteiger partial charge >= 0.3 is 5.97 Å². The molecule has 1 aromatic rings. The lowest BCUT2D eigenvalue weighted by atomic mass is 10.0. The first-order valence-electron chi connectivity index (χ1n) is 19.6. The predicted octanol–water partition coefficient (Wildman–Crippen LogP) is -8.34. The van der Waals surface area contributed by atoms with E-state index >= 15 is 0 Å². The van der Waals surface area contributed by atoms with Crippen LogP contribution in [0.3, 0.4) is 0 Å². The molecule has 0 bridgehead atoms. The van der Waals surface area contributed by atoms with Gasteiger partial charge in [0.15, 0.2) is 0 Å². The van der Waals surface area contributed by atoms with E-state index in [4.69, 9.17) is 28.0 Å². The van der Waals surface area contributed by atoms with E-state index in [1.54, 1.807) is 30.3 Å². The van der Waals surface area contributed by atoms with Gasteiger partial charge in [0.25, 0.3) is 0 Å². The van der Waals surface area contributed by atoms with Crippen molar-refractivity contribution in [2.45, 2.75) is 106 Å². The molecule has 0 aliphatic rings. The number of aliphatic hydroxyl groups is 4. The second-order valence-corrected chi connectivity index (χ2v) is 14.3. The number of hydrogen-bond donors (Lipinski definition) is 16. The van der Waals surface area contributed by atoms with Crippen LogP contribution in [0.4, 0.5) is 0 Å². The molecule has 0 aliphatic carbocycles. The maximum Gasteiger partial charge on any atom is 0.326 e. The number of aliphatic carboxylic acids is 1. The van der Waals surface area contributed by atoms with Gasteiger partial charge < -0.3 is 85.7 Å². The molecule has 0 saturated carbocycles. The third kappa shape index (κ3) is 20.4. The molecule has 26 nitrogen and oxygen atoms in total. The minimum atomic E-state index is -1.86. The van der Waals surface area contributed by atoms with Gasteiger partial charge in [-0.15, -0.1) is 0 Å². The molecule has 9 amide bonds. The smallest absolute Gasteiger partial charge is 0.326 e. The molecule has 9 atom stereocenters. The van der Waals surface area contributed by atoms with Gasteiger partial charge in [-0.2, -0.15) is 0 Å². The summed E-state index contributed by atoms with van der Waals surface area (Å²) in [4.78, 5) is 124. The lowest BCUT2D eigenvalue weighted by molar-refractivity contribution is -0.143. The molecule has 4 unspecified atom stereocenters. The normalized spacial score (nSPS) is 15.2. The number of carbonyl (C=O) groups is 10. The summed E-state index contributed by atoms with van der Waals surface area (Å²) < 4.78 is 0. The van der Waals surface area contributed by atoms with Gasteiger partial charge in [0, 0.05) is 19.4 Å². The second-order valence-electron chi connectivity index (χ2n) is 14.3. The topological polar surface area (TPSA) is 460 Å². The third-order valence-corrected chi connectivity index (χ3v) is 9.08. The Hall–Kier alpha value is -6.32. The zero-order valence-electron chi connectivity index (χ0n) is 34.5. The molecule has 1 rings (SSSR count). The fraction of sp³-hybridized carbons (Fsp3) is 0.568. The molecule has 0 heterocycles. The van der Waals surface area contributed by atoms with Crippen molar-refractivity contribution < 1.29 is 73.5 Å². The summed E-state index contributed by atoms with van der Waals surface area (Å²) in [6, 6.07) is -3.61.